The van der Waals surface area contributed by atoms with Crippen LogP contribution in [-0.2, 0) is 0 Å². The maximum absolute atomic E-state index is 6.33. The highest BCUT2D eigenvalue weighted by atomic mass is 32.1. The van der Waals surface area contributed by atoms with Crippen LogP contribution >= 0.6 is 11.3 Å². The summed E-state index contributed by atoms with van der Waals surface area (Å²) in [5, 5.41) is 2.97. The lowest BCUT2D eigenvalue weighted by Gasteiger charge is -2.07. The fourth-order valence-corrected chi connectivity index (χ4v) is 3.60. The van der Waals surface area contributed by atoms with Crippen molar-refractivity contribution in [3.8, 4) is 22.4 Å². The number of hydrogen-bond donors (Lipinski definition) is 1. The Bertz CT molecular complexity index is 947. The van der Waals surface area contributed by atoms with Crippen molar-refractivity contribution in [3.63, 3.8) is 0 Å². The van der Waals surface area contributed by atoms with Gasteiger partial charge in [0.2, 0.25) is 0 Å². The Balaban J connectivity index is 1.58. The van der Waals surface area contributed by atoms with Crippen molar-refractivity contribution >= 4 is 11.3 Å². The first-order valence-electron chi connectivity index (χ1n) is 8.08. The lowest BCUT2D eigenvalue weighted by molar-refractivity contribution is 0.855. The summed E-state index contributed by atoms with van der Waals surface area (Å²) in [4.78, 5) is 8.77. The molecule has 122 valence electrons. The first kappa shape index (κ1) is 15.7. The average molecular weight is 343 g/mol. The van der Waals surface area contributed by atoms with Crippen molar-refractivity contribution in [1.82, 2.24) is 9.97 Å². The molecule has 0 saturated heterocycles. The monoisotopic (exact) mass is 343 g/mol. The van der Waals surface area contributed by atoms with Crippen LogP contribution in [0.25, 0.3) is 22.4 Å². The normalized spacial score (nSPS) is 12.0. The van der Waals surface area contributed by atoms with E-state index in [-0.39, 0.29) is 6.04 Å². The van der Waals surface area contributed by atoms with Crippen LogP contribution in [0.15, 0.2) is 84.5 Å². The van der Waals surface area contributed by atoms with Crippen LogP contribution in [-0.4, -0.2) is 9.97 Å². The van der Waals surface area contributed by atoms with Crippen LogP contribution in [0.2, 0.25) is 0 Å². The van der Waals surface area contributed by atoms with Crippen molar-refractivity contribution in [3.05, 3.63) is 95.1 Å². The van der Waals surface area contributed by atoms with Gasteiger partial charge in [-0.3, -0.25) is 4.98 Å². The molecule has 1 unspecified atom stereocenters. The van der Waals surface area contributed by atoms with Crippen molar-refractivity contribution in [2.45, 2.75) is 6.04 Å². The van der Waals surface area contributed by atoms with Crippen molar-refractivity contribution in [2.75, 3.05) is 0 Å². The minimum Gasteiger partial charge on any atom is -0.318 e. The molecule has 2 N–H and O–H groups in total. The summed E-state index contributed by atoms with van der Waals surface area (Å²) in [7, 11) is 0. The summed E-state index contributed by atoms with van der Waals surface area (Å²) < 4.78 is 0. The fourth-order valence-electron chi connectivity index (χ4n) is 2.74. The molecular weight excluding hydrogens is 326 g/mol. The predicted octanol–water partition coefficient (Wildman–Crippen LogP) is 4.92. The number of nitrogens with two attached hydrogens (primary N) is 1. The quantitative estimate of drug-likeness (QED) is 0.572. The van der Waals surface area contributed by atoms with Crippen molar-refractivity contribution in [2.24, 2.45) is 5.73 Å². The van der Waals surface area contributed by atoms with Gasteiger partial charge >= 0.3 is 0 Å². The van der Waals surface area contributed by atoms with Crippen molar-refractivity contribution in [1.29, 1.82) is 0 Å². The van der Waals surface area contributed by atoms with Gasteiger partial charge in [0.1, 0.15) is 5.01 Å². The third-order valence-corrected chi connectivity index (χ3v) is 5.07. The number of thiazole rings is 1. The Morgan fingerprint density at radius 3 is 2.12 bits per heavy atom. The molecule has 0 spiro atoms. The van der Waals surface area contributed by atoms with E-state index in [2.05, 4.69) is 58.9 Å². The average Bonchev–Trinajstić information content (AvgIpc) is 3.19. The molecule has 0 aliphatic rings. The van der Waals surface area contributed by atoms with Crippen molar-refractivity contribution < 1.29 is 0 Å². The lowest BCUT2D eigenvalue weighted by atomic mass is 10.0. The number of aromatic nitrogens is 2. The van der Waals surface area contributed by atoms with Gasteiger partial charge in [-0.1, -0.05) is 54.6 Å². The van der Waals surface area contributed by atoms with Crippen LogP contribution in [0.1, 0.15) is 16.6 Å². The number of rotatable bonds is 4. The molecular formula is C21H17N3S. The zero-order valence-electron chi connectivity index (χ0n) is 13.5. The summed E-state index contributed by atoms with van der Waals surface area (Å²) in [6, 6.07) is 22.5. The van der Waals surface area contributed by atoms with Crippen LogP contribution in [0.5, 0.6) is 0 Å². The largest absolute Gasteiger partial charge is 0.318 e. The van der Waals surface area contributed by atoms with E-state index < -0.39 is 0 Å². The smallest absolute Gasteiger partial charge is 0.115 e. The zero-order valence-corrected chi connectivity index (χ0v) is 14.4. The first-order chi connectivity index (χ1) is 12.3. The van der Waals surface area contributed by atoms with Crippen LogP contribution < -0.4 is 5.73 Å². The number of hydrogen-bond acceptors (Lipinski definition) is 4. The molecule has 2 aromatic heterocycles. The summed E-state index contributed by atoms with van der Waals surface area (Å²) in [5.41, 5.74) is 11.8. The molecule has 0 amide bonds. The second-order valence-electron chi connectivity index (χ2n) is 5.77. The summed E-state index contributed by atoms with van der Waals surface area (Å²) in [6.07, 6.45) is 3.51. The molecule has 0 fully saturated rings. The number of nitrogens with zero attached hydrogens (tertiary/aromatic N) is 2. The Morgan fingerprint density at radius 2 is 1.40 bits per heavy atom. The van der Waals surface area contributed by atoms with E-state index >= 15 is 0 Å². The van der Waals surface area contributed by atoms with E-state index in [0.29, 0.717) is 0 Å². The van der Waals surface area contributed by atoms with Gasteiger partial charge in [-0.25, -0.2) is 4.98 Å². The standard InChI is InChI=1S/C21H17N3S/c22-20(18-10-12-23-13-11-18)21-24-19(14-25-21)17-8-6-16(7-9-17)15-4-2-1-3-5-15/h1-14,20H,22H2. The maximum Gasteiger partial charge on any atom is 0.115 e. The van der Waals surface area contributed by atoms with Gasteiger partial charge in [-0.15, -0.1) is 11.3 Å². The molecule has 0 aliphatic carbocycles. The van der Waals surface area contributed by atoms with Crippen LogP contribution in [0, 0.1) is 0 Å². The molecule has 2 heterocycles. The molecule has 0 bridgehead atoms. The summed E-state index contributed by atoms with van der Waals surface area (Å²) >= 11 is 1.59. The van der Waals surface area contributed by atoms with E-state index in [1.165, 1.54) is 11.1 Å². The summed E-state index contributed by atoms with van der Waals surface area (Å²) in [5.74, 6) is 0. The molecule has 0 saturated carbocycles. The predicted molar refractivity (Wildman–Crippen MR) is 103 cm³/mol. The van der Waals surface area contributed by atoms with Gasteiger partial charge in [0.05, 0.1) is 11.7 Å². The van der Waals surface area contributed by atoms with Crippen LogP contribution in [0.3, 0.4) is 0 Å². The molecule has 4 aromatic rings. The topological polar surface area (TPSA) is 51.8 Å². The lowest BCUT2D eigenvalue weighted by Crippen LogP contribution is -2.11. The SMILES string of the molecule is NC(c1ccncc1)c1nc(-c2ccc(-c3ccccc3)cc2)cs1. The van der Waals surface area contributed by atoms with E-state index in [9.17, 15) is 0 Å². The highest BCUT2D eigenvalue weighted by Gasteiger charge is 2.14. The summed E-state index contributed by atoms with van der Waals surface area (Å²) in [6.45, 7) is 0. The van der Waals surface area contributed by atoms with Gasteiger partial charge in [0, 0.05) is 23.3 Å². The zero-order chi connectivity index (χ0) is 17.1. The number of benzene rings is 2. The molecule has 25 heavy (non-hydrogen) atoms. The minimum atomic E-state index is -0.217. The Morgan fingerprint density at radius 1 is 0.760 bits per heavy atom. The minimum absolute atomic E-state index is 0.217. The Labute approximate surface area is 150 Å². The van der Waals surface area contributed by atoms with E-state index in [4.69, 9.17) is 10.7 Å². The first-order valence-corrected chi connectivity index (χ1v) is 8.96. The third-order valence-electron chi connectivity index (χ3n) is 4.14. The maximum atomic E-state index is 6.33. The fraction of sp³-hybridized carbons (Fsp3) is 0.0476. The van der Waals surface area contributed by atoms with Crippen LogP contribution in [0.4, 0.5) is 0 Å². The molecule has 0 radical (unpaired) electrons. The van der Waals surface area contributed by atoms with Gasteiger partial charge in [0.15, 0.2) is 0 Å². The molecule has 2 aromatic carbocycles. The van der Waals surface area contributed by atoms with Gasteiger partial charge in [-0.05, 0) is 28.8 Å². The van der Waals surface area contributed by atoms with E-state index in [1.54, 1.807) is 23.7 Å². The highest BCUT2D eigenvalue weighted by Crippen LogP contribution is 2.29. The Kier molecular flexibility index (Phi) is 4.37. The Hall–Kier alpha value is -2.82. The van der Waals surface area contributed by atoms with E-state index in [0.717, 1.165) is 21.8 Å². The molecule has 4 rings (SSSR count). The van der Waals surface area contributed by atoms with E-state index in [1.807, 2.05) is 18.2 Å². The second-order valence-corrected chi connectivity index (χ2v) is 6.66. The second kappa shape index (κ2) is 6.97. The molecule has 3 nitrogen and oxygen atoms in total. The molecule has 0 aliphatic heterocycles. The van der Waals surface area contributed by atoms with Gasteiger partial charge < -0.3 is 5.73 Å². The molecule has 1 atom stereocenters. The van der Waals surface area contributed by atoms with Gasteiger partial charge in [0.25, 0.3) is 0 Å². The highest BCUT2D eigenvalue weighted by molar-refractivity contribution is 7.10. The third kappa shape index (κ3) is 3.36. The van der Waals surface area contributed by atoms with Gasteiger partial charge in [-0.2, -0.15) is 0 Å². The number of pyridine rings is 1. The molecule has 4 heteroatoms.